The van der Waals surface area contributed by atoms with Crippen LogP contribution in [0.2, 0.25) is 0 Å². The molecule has 0 saturated heterocycles. The van der Waals surface area contributed by atoms with Gasteiger partial charge in [0.15, 0.2) is 0 Å². The fourth-order valence-electron chi connectivity index (χ4n) is 0.448. The molecule has 4 nitrogen and oxygen atoms in total. The van der Waals surface area contributed by atoms with Crippen molar-refractivity contribution in [1.29, 1.82) is 0 Å². The Morgan fingerprint density at radius 1 is 1.33 bits per heavy atom. The molecule has 0 atom stereocenters. The minimum Gasteiger partial charge on any atom is -0.469 e. The van der Waals surface area contributed by atoms with Gasteiger partial charge in [-0.05, 0) is 0 Å². The zero-order chi connectivity index (χ0) is 9.56. The topological polar surface area (TPSA) is 52.6 Å². The first-order valence-electron chi connectivity index (χ1n) is 3.11. The number of ether oxygens (including phenoxy) is 2. The average molecular weight is 193 g/mol. The molecule has 0 unspecified atom stereocenters. The molecule has 0 heterocycles. The van der Waals surface area contributed by atoms with Crippen molar-refractivity contribution in [3.63, 3.8) is 0 Å². The molecule has 5 heteroatoms. The number of hydrogen-bond acceptors (Lipinski definition) is 4. The van der Waals surface area contributed by atoms with Gasteiger partial charge in [0.25, 0.3) is 0 Å². The van der Waals surface area contributed by atoms with Gasteiger partial charge in [0.05, 0.1) is 20.6 Å². The lowest BCUT2D eigenvalue weighted by molar-refractivity contribution is -0.139. The van der Waals surface area contributed by atoms with Crippen molar-refractivity contribution in [1.82, 2.24) is 0 Å². The second-order valence-corrected chi connectivity index (χ2v) is 2.35. The number of hydrogen-bond donors (Lipinski definition) is 0. The Kier molecular flexibility index (Phi) is 5.12. The summed E-state index contributed by atoms with van der Waals surface area (Å²) in [5, 5.41) is 0.0914. The third-order valence-corrected chi connectivity index (χ3v) is 1.26. The molecular formula is C7H9ClO4. The second kappa shape index (κ2) is 5.60. The molecule has 0 amide bonds. The van der Waals surface area contributed by atoms with E-state index in [1.165, 1.54) is 14.2 Å². The summed E-state index contributed by atoms with van der Waals surface area (Å²) in [6, 6.07) is 0. The monoisotopic (exact) mass is 192 g/mol. The Balaban J connectivity index is 4.02. The Hall–Kier alpha value is -1.03. The first kappa shape index (κ1) is 11.0. The van der Waals surface area contributed by atoms with Crippen molar-refractivity contribution in [3.05, 3.63) is 11.1 Å². The lowest BCUT2D eigenvalue weighted by Crippen LogP contribution is -2.01. The van der Waals surface area contributed by atoms with Crippen LogP contribution in [0.4, 0.5) is 0 Å². The van der Waals surface area contributed by atoms with Crippen LogP contribution in [0.25, 0.3) is 0 Å². The molecule has 0 fully saturated rings. The van der Waals surface area contributed by atoms with E-state index < -0.39 is 11.9 Å². The molecule has 0 rings (SSSR count). The lowest BCUT2D eigenvalue weighted by Gasteiger charge is -1.96. The molecule has 12 heavy (non-hydrogen) atoms. The van der Waals surface area contributed by atoms with Crippen LogP contribution in [0.5, 0.6) is 0 Å². The minimum atomic E-state index is -0.594. The van der Waals surface area contributed by atoms with Gasteiger partial charge in [-0.3, -0.25) is 4.79 Å². The van der Waals surface area contributed by atoms with Gasteiger partial charge in [0.2, 0.25) is 0 Å². The summed E-state index contributed by atoms with van der Waals surface area (Å²) in [4.78, 5) is 21.1. The van der Waals surface area contributed by atoms with E-state index in [9.17, 15) is 9.59 Å². The van der Waals surface area contributed by atoms with Gasteiger partial charge in [-0.25, -0.2) is 4.79 Å². The van der Waals surface area contributed by atoms with Crippen LogP contribution in [0.15, 0.2) is 11.1 Å². The molecule has 0 bridgehead atoms. The summed E-state index contributed by atoms with van der Waals surface area (Å²) >= 11 is 5.49. The zero-order valence-corrected chi connectivity index (χ0v) is 7.55. The van der Waals surface area contributed by atoms with Crippen molar-refractivity contribution in [2.24, 2.45) is 0 Å². The van der Waals surface area contributed by atoms with Gasteiger partial charge in [0, 0.05) is 11.1 Å². The summed E-state index contributed by atoms with van der Waals surface area (Å²) in [6.45, 7) is 0. The van der Waals surface area contributed by atoms with E-state index >= 15 is 0 Å². The Morgan fingerprint density at radius 2 is 1.92 bits per heavy atom. The van der Waals surface area contributed by atoms with Crippen LogP contribution < -0.4 is 0 Å². The van der Waals surface area contributed by atoms with Crippen molar-refractivity contribution in [2.45, 2.75) is 6.42 Å². The molecule has 0 aromatic carbocycles. The van der Waals surface area contributed by atoms with Crippen LogP contribution in [0.1, 0.15) is 6.42 Å². The lowest BCUT2D eigenvalue weighted by atomic mass is 10.4. The molecule has 0 saturated carbocycles. The highest BCUT2D eigenvalue weighted by atomic mass is 35.5. The normalized spacial score (nSPS) is 10.8. The summed E-state index contributed by atoms with van der Waals surface area (Å²) in [6.07, 6.45) is 0.908. The van der Waals surface area contributed by atoms with Crippen molar-refractivity contribution < 1.29 is 19.1 Å². The van der Waals surface area contributed by atoms with E-state index in [0.29, 0.717) is 0 Å². The maximum Gasteiger partial charge on any atom is 0.331 e. The maximum atomic E-state index is 10.6. The van der Waals surface area contributed by atoms with E-state index in [4.69, 9.17) is 11.6 Å². The fourth-order valence-corrected chi connectivity index (χ4v) is 0.646. The standard InChI is InChI=1S/C7H9ClO4/c1-11-6(9)3-5(8)4-7(10)12-2/h3H,4H2,1-2H3/b5-3+. The predicted octanol–water partition coefficient (Wildman–Crippen LogP) is 0.845. The van der Waals surface area contributed by atoms with Crippen LogP contribution in [-0.2, 0) is 19.1 Å². The smallest absolute Gasteiger partial charge is 0.331 e. The van der Waals surface area contributed by atoms with E-state index in [1.54, 1.807) is 0 Å². The number of carbonyl (C=O) groups is 2. The number of halogens is 1. The summed E-state index contributed by atoms with van der Waals surface area (Å²) in [5.41, 5.74) is 0. The molecule has 0 aliphatic carbocycles. The summed E-state index contributed by atoms with van der Waals surface area (Å²) < 4.78 is 8.60. The van der Waals surface area contributed by atoms with Crippen LogP contribution in [0.3, 0.4) is 0 Å². The van der Waals surface area contributed by atoms with Gasteiger partial charge in [-0.1, -0.05) is 11.6 Å². The van der Waals surface area contributed by atoms with Crippen LogP contribution in [0, 0.1) is 0 Å². The highest BCUT2D eigenvalue weighted by molar-refractivity contribution is 6.31. The molecule has 0 aromatic rings. The zero-order valence-electron chi connectivity index (χ0n) is 6.80. The first-order chi connectivity index (χ1) is 5.60. The molecule has 0 spiro atoms. The van der Waals surface area contributed by atoms with Gasteiger partial charge in [-0.2, -0.15) is 0 Å². The Bertz CT molecular complexity index is 209. The Morgan fingerprint density at radius 3 is 2.33 bits per heavy atom. The number of carbonyl (C=O) groups excluding carboxylic acids is 2. The number of rotatable bonds is 3. The molecule has 0 N–H and O–H groups in total. The highest BCUT2D eigenvalue weighted by Gasteiger charge is 2.05. The van der Waals surface area contributed by atoms with Gasteiger partial charge < -0.3 is 9.47 Å². The van der Waals surface area contributed by atoms with Crippen molar-refractivity contribution in [2.75, 3.05) is 14.2 Å². The molecular weight excluding hydrogens is 184 g/mol. The average Bonchev–Trinajstić information content (AvgIpc) is 2.03. The van der Waals surface area contributed by atoms with E-state index in [1.807, 2.05) is 0 Å². The maximum absolute atomic E-state index is 10.6. The second-order valence-electron chi connectivity index (χ2n) is 1.87. The van der Waals surface area contributed by atoms with Crippen LogP contribution >= 0.6 is 11.6 Å². The highest BCUT2D eigenvalue weighted by Crippen LogP contribution is 2.07. The van der Waals surface area contributed by atoms with Crippen molar-refractivity contribution in [3.8, 4) is 0 Å². The molecule has 0 aliphatic rings. The molecule has 0 radical (unpaired) electrons. The minimum absolute atomic E-state index is 0.0914. The Labute approximate surface area is 75.1 Å². The first-order valence-corrected chi connectivity index (χ1v) is 3.48. The fraction of sp³-hybridized carbons (Fsp3) is 0.429. The van der Waals surface area contributed by atoms with Gasteiger partial charge in [-0.15, -0.1) is 0 Å². The van der Waals surface area contributed by atoms with Crippen molar-refractivity contribution >= 4 is 23.5 Å². The molecule has 0 aliphatic heterocycles. The van der Waals surface area contributed by atoms with E-state index in [-0.39, 0.29) is 11.5 Å². The van der Waals surface area contributed by atoms with Gasteiger partial charge in [0.1, 0.15) is 0 Å². The molecule has 0 aromatic heterocycles. The quantitative estimate of drug-likeness (QED) is 0.491. The van der Waals surface area contributed by atoms with E-state index in [0.717, 1.165) is 6.08 Å². The van der Waals surface area contributed by atoms with E-state index in [2.05, 4.69) is 9.47 Å². The predicted molar refractivity (Wildman–Crippen MR) is 42.6 cm³/mol. The number of esters is 2. The summed E-state index contributed by atoms with van der Waals surface area (Å²) in [5.74, 6) is -1.09. The molecule has 68 valence electrons. The third kappa shape index (κ3) is 4.73. The number of methoxy groups -OCH3 is 2. The van der Waals surface area contributed by atoms with Gasteiger partial charge >= 0.3 is 11.9 Å². The third-order valence-electron chi connectivity index (χ3n) is 1.02. The SMILES string of the molecule is COC(=O)/C=C(/Cl)CC(=O)OC. The summed E-state index contributed by atoms with van der Waals surface area (Å²) in [7, 11) is 2.46. The van der Waals surface area contributed by atoms with Crippen LogP contribution in [-0.4, -0.2) is 26.2 Å². The largest absolute Gasteiger partial charge is 0.469 e.